The highest BCUT2D eigenvalue weighted by molar-refractivity contribution is 5.85. The fourth-order valence-corrected chi connectivity index (χ4v) is 4.79. The molecule has 0 aliphatic rings. The molecule has 0 saturated carbocycles. The third-order valence-electron chi connectivity index (χ3n) is 8.01. The average Bonchev–Trinajstić information content (AvgIpc) is 2.95. The van der Waals surface area contributed by atoms with Crippen LogP contribution in [0.3, 0.4) is 0 Å². The van der Waals surface area contributed by atoms with Crippen molar-refractivity contribution in [3.8, 4) is 17.2 Å². The summed E-state index contributed by atoms with van der Waals surface area (Å²) in [5.41, 5.74) is 5.48. The number of hydrogen-bond acceptors (Lipinski definition) is 7. The van der Waals surface area contributed by atoms with Crippen LogP contribution in [0, 0.1) is 0 Å². The molecule has 46 heavy (non-hydrogen) atoms. The van der Waals surface area contributed by atoms with Crippen molar-refractivity contribution in [2.24, 2.45) is 15.0 Å². The van der Waals surface area contributed by atoms with Gasteiger partial charge in [-0.25, -0.2) is 0 Å². The molecule has 7 heteroatoms. The van der Waals surface area contributed by atoms with Crippen molar-refractivity contribution in [2.45, 2.75) is 78.6 Å². The first-order valence-corrected chi connectivity index (χ1v) is 16.2. The van der Waals surface area contributed by atoms with E-state index in [4.69, 9.17) is 0 Å². The molecule has 0 fully saturated rings. The molecular weight excluding hydrogens is 572 g/mol. The molecule has 0 spiro atoms. The van der Waals surface area contributed by atoms with Crippen LogP contribution >= 0.6 is 0 Å². The molecule has 0 radical (unpaired) electrons. The lowest BCUT2D eigenvalue weighted by Crippen LogP contribution is -2.31. The smallest absolute Gasteiger partial charge is 0.124 e. The highest BCUT2D eigenvalue weighted by atomic mass is 16.3. The van der Waals surface area contributed by atoms with E-state index < -0.39 is 0 Å². The second kappa shape index (κ2) is 15.5. The van der Waals surface area contributed by atoms with Crippen LogP contribution in [0.4, 0.5) is 0 Å². The van der Waals surface area contributed by atoms with Crippen molar-refractivity contribution in [3.63, 3.8) is 0 Å². The molecule has 3 aromatic carbocycles. The number of rotatable bonds is 12. The van der Waals surface area contributed by atoms with E-state index in [-0.39, 0.29) is 33.5 Å². The molecule has 248 valence electrons. The summed E-state index contributed by atoms with van der Waals surface area (Å²) in [5.74, 6) is 0.652. The summed E-state index contributed by atoms with van der Waals surface area (Å²) in [6.07, 6.45) is 5.24. The summed E-state index contributed by atoms with van der Waals surface area (Å²) < 4.78 is 0. The van der Waals surface area contributed by atoms with Crippen LogP contribution in [-0.2, 0) is 16.2 Å². The molecule has 0 aliphatic heterocycles. The van der Waals surface area contributed by atoms with E-state index in [1.165, 1.54) is 0 Å². The number of nitrogens with zero attached hydrogens (tertiary/aromatic N) is 4. The van der Waals surface area contributed by atoms with Crippen LogP contribution in [0.2, 0.25) is 0 Å². The Balaban J connectivity index is 1.69. The van der Waals surface area contributed by atoms with Gasteiger partial charge in [-0.05, 0) is 69.3 Å². The van der Waals surface area contributed by atoms with Gasteiger partial charge in [0.15, 0.2) is 0 Å². The van der Waals surface area contributed by atoms with E-state index in [0.717, 1.165) is 16.7 Å². The van der Waals surface area contributed by atoms with Gasteiger partial charge in [0.25, 0.3) is 0 Å². The summed E-state index contributed by atoms with van der Waals surface area (Å²) in [4.78, 5) is 16.2. The van der Waals surface area contributed by atoms with Crippen LogP contribution in [0.15, 0.2) is 69.6 Å². The average molecular weight is 627 g/mol. The molecule has 0 unspecified atom stereocenters. The summed E-state index contributed by atoms with van der Waals surface area (Å²) >= 11 is 0. The highest BCUT2D eigenvalue weighted by Crippen LogP contribution is 2.28. The maximum absolute atomic E-state index is 10.4. The Kier molecular flexibility index (Phi) is 12.3. The lowest BCUT2D eigenvalue weighted by Gasteiger charge is -2.20. The van der Waals surface area contributed by atoms with E-state index in [1.807, 2.05) is 36.4 Å². The zero-order valence-corrected chi connectivity index (χ0v) is 29.3. The monoisotopic (exact) mass is 626 g/mol. The first-order valence-electron chi connectivity index (χ1n) is 16.2. The van der Waals surface area contributed by atoms with Gasteiger partial charge >= 0.3 is 0 Å². The lowest BCUT2D eigenvalue weighted by molar-refractivity contribution is 0.298. The van der Waals surface area contributed by atoms with E-state index in [0.29, 0.717) is 56.0 Å². The van der Waals surface area contributed by atoms with Crippen LogP contribution < -0.4 is 0 Å². The molecule has 0 aliphatic carbocycles. The van der Waals surface area contributed by atoms with Gasteiger partial charge in [-0.15, -0.1) is 0 Å². The summed E-state index contributed by atoms with van der Waals surface area (Å²) in [7, 11) is 0. The van der Waals surface area contributed by atoms with Crippen molar-refractivity contribution >= 4 is 18.6 Å². The third-order valence-corrected chi connectivity index (χ3v) is 8.01. The second-order valence-corrected chi connectivity index (χ2v) is 15.0. The first-order chi connectivity index (χ1) is 21.4. The van der Waals surface area contributed by atoms with Crippen LogP contribution in [0.25, 0.3) is 0 Å². The number of phenols is 3. The maximum Gasteiger partial charge on any atom is 0.124 e. The van der Waals surface area contributed by atoms with Gasteiger partial charge in [-0.2, -0.15) is 0 Å². The fourth-order valence-electron chi connectivity index (χ4n) is 4.79. The van der Waals surface area contributed by atoms with Crippen molar-refractivity contribution in [1.82, 2.24) is 4.90 Å². The van der Waals surface area contributed by atoms with Gasteiger partial charge < -0.3 is 15.3 Å². The molecule has 0 saturated heterocycles. The van der Waals surface area contributed by atoms with E-state index in [2.05, 4.69) is 82.2 Å². The number of phenolic OH excluding ortho intramolecular Hbond substituents is 3. The first kappa shape index (κ1) is 36.5. The molecule has 7 nitrogen and oxygen atoms in total. The van der Waals surface area contributed by atoms with Crippen LogP contribution in [0.1, 0.15) is 95.7 Å². The molecule has 0 bridgehead atoms. The molecule has 0 amide bonds. The Bertz CT molecular complexity index is 1350. The summed E-state index contributed by atoms with van der Waals surface area (Å²) in [6.45, 7) is 23.1. The van der Waals surface area contributed by atoms with Crippen molar-refractivity contribution in [3.05, 3.63) is 88.0 Å². The Labute approximate surface area is 276 Å². The van der Waals surface area contributed by atoms with Gasteiger partial charge in [0, 0.05) is 55.0 Å². The Hall–Kier alpha value is -3.97. The normalized spacial score (nSPS) is 13.2. The Morgan fingerprint density at radius 3 is 0.978 bits per heavy atom. The quantitative estimate of drug-likeness (QED) is 0.180. The van der Waals surface area contributed by atoms with Gasteiger partial charge in [-0.3, -0.25) is 19.9 Å². The van der Waals surface area contributed by atoms with Gasteiger partial charge in [0.05, 0.1) is 19.6 Å². The molecule has 3 N–H and O–H groups in total. The molecule has 0 heterocycles. The zero-order chi connectivity index (χ0) is 34.1. The number of aromatic hydroxyl groups is 3. The largest absolute Gasteiger partial charge is 0.507 e. The van der Waals surface area contributed by atoms with E-state index in [1.54, 1.807) is 36.8 Å². The number of benzene rings is 3. The van der Waals surface area contributed by atoms with Crippen LogP contribution in [-0.4, -0.2) is 78.1 Å². The maximum atomic E-state index is 10.4. The van der Waals surface area contributed by atoms with Crippen LogP contribution in [0.5, 0.6) is 17.2 Å². The number of aliphatic imine (C=N–C) groups is 3. The number of hydrogen-bond donors (Lipinski definition) is 3. The third kappa shape index (κ3) is 11.1. The minimum atomic E-state index is -0.0240. The Morgan fingerprint density at radius 2 is 0.739 bits per heavy atom. The fraction of sp³-hybridized carbons (Fsp3) is 0.462. The summed E-state index contributed by atoms with van der Waals surface area (Å²) in [5, 5.41) is 31.1. The minimum absolute atomic E-state index is 0.0240. The van der Waals surface area contributed by atoms with Gasteiger partial charge in [-0.1, -0.05) is 80.5 Å². The predicted molar refractivity (Wildman–Crippen MR) is 194 cm³/mol. The molecular formula is C39H54N4O3. The van der Waals surface area contributed by atoms with E-state index in [9.17, 15) is 15.3 Å². The SMILES string of the molecule is CC(C)(C)c1ccc(O)c(C=NCCN(CCN=Cc2cc(C(C)(C)C)ccc2O)CCN=Cc2cc(C(C)(C)C)ccc2O)c1. The zero-order valence-electron chi connectivity index (χ0n) is 29.3. The Morgan fingerprint density at radius 1 is 0.478 bits per heavy atom. The highest BCUT2D eigenvalue weighted by Gasteiger charge is 2.17. The standard InChI is InChI=1S/C39H54N4O3/c1-37(2,3)31-10-13-34(44)28(22-31)25-40-16-19-43(20-17-41-26-29-23-32(38(4,5)6)11-14-35(29)45)21-18-42-27-30-24-33(39(7,8)9)12-15-36(30)46/h10-15,22-27,44-46H,16-21H2,1-9H3. The topological polar surface area (TPSA) is 101 Å². The second-order valence-electron chi connectivity index (χ2n) is 15.0. The van der Waals surface area contributed by atoms with Crippen molar-refractivity contribution in [2.75, 3.05) is 39.3 Å². The minimum Gasteiger partial charge on any atom is -0.507 e. The van der Waals surface area contributed by atoms with E-state index >= 15 is 0 Å². The van der Waals surface area contributed by atoms with Crippen molar-refractivity contribution < 1.29 is 15.3 Å². The van der Waals surface area contributed by atoms with Crippen molar-refractivity contribution in [1.29, 1.82) is 0 Å². The molecule has 3 aromatic rings. The van der Waals surface area contributed by atoms with Gasteiger partial charge in [0.2, 0.25) is 0 Å². The lowest BCUT2D eigenvalue weighted by atomic mass is 9.86. The molecule has 0 atom stereocenters. The molecule has 3 rings (SSSR count). The van der Waals surface area contributed by atoms with Gasteiger partial charge in [0.1, 0.15) is 17.2 Å². The predicted octanol–water partition coefficient (Wildman–Crippen LogP) is 7.66. The summed E-state index contributed by atoms with van der Waals surface area (Å²) in [6, 6.07) is 17.0. The molecule has 0 aromatic heterocycles.